The monoisotopic (exact) mass is 150 g/mol. The zero-order valence-electron chi connectivity index (χ0n) is 7.31. The van der Waals surface area contributed by atoms with Crippen molar-refractivity contribution < 1.29 is 0 Å². The van der Waals surface area contributed by atoms with Gasteiger partial charge in [0.15, 0.2) is 0 Å². The molecule has 0 aromatic carbocycles. The number of hydrogen-bond acceptors (Lipinski definition) is 2. The van der Waals surface area contributed by atoms with Gasteiger partial charge in [0.05, 0.1) is 0 Å². The van der Waals surface area contributed by atoms with Gasteiger partial charge in [-0.15, -0.1) is 0 Å². The summed E-state index contributed by atoms with van der Waals surface area (Å²) in [6.45, 7) is 5.06. The van der Waals surface area contributed by atoms with E-state index in [-0.39, 0.29) is 0 Å². The second-order valence-corrected chi connectivity index (χ2v) is 2.69. The molecule has 0 atom stereocenters. The van der Waals surface area contributed by atoms with Gasteiger partial charge < -0.3 is 5.32 Å². The zero-order valence-corrected chi connectivity index (χ0v) is 7.31. The van der Waals surface area contributed by atoms with Gasteiger partial charge in [-0.05, 0) is 25.5 Å². The SMILES string of the molecule is C/N=C(C)/C=C1\NCC=C1C. The first-order valence-corrected chi connectivity index (χ1v) is 3.80. The van der Waals surface area contributed by atoms with Crippen LogP contribution in [0, 0.1) is 0 Å². The molecular formula is C9H14N2. The predicted octanol–water partition coefficient (Wildman–Crippen LogP) is 1.51. The van der Waals surface area contributed by atoms with Crippen LogP contribution < -0.4 is 5.32 Å². The van der Waals surface area contributed by atoms with Crippen molar-refractivity contribution in [2.75, 3.05) is 13.6 Å². The summed E-state index contributed by atoms with van der Waals surface area (Å²) in [5, 5.41) is 3.26. The minimum Gasteiger partial charge on any atom is -0.381 e. The van der Waals surface area contributed by atoms with E-state index in [0.29, 0.717) is 0 Å². The van der Waals surface area contributed by atoms with Crippen LogP contribution in [0.4, 0.5) is 0 Å². The van der Waals surface area contributed by atoms with Crippen LogP contribution >= 0.6 is 0 Å². The third-order valence-corrected chi connectivity index (χ3v) is 1.83. The van der Waals surface area contributed by atoms with Crippen LogP contribution in [0.25, 0.3) is 0 Å². The fourth-order valence-corrected chi connectivity index (χ4v) is 1.00. The second kappa shape index (κ2) is 3.37. The number of allylic oxidation sites excluding steroid dienone is 2. The summed E-state index contributed by atoms with van der Waals surface area (Å²) in [4.78, 5) is 4.06. The van der Waals surface area contributed by atoms with Gasteiger partial charge in [0, 0.05) is 25.0 Å². The van der Waals surface area contributed by atoms with E-state index in [1.54, 1.807) is 7.05 Å². The molecule has 0 aromatic heterocycles. The molecule has 0 bridgehead atoms. The Bertz CT molecular complexity index is 234. The third kappa shape index (κ3) is 1.93. The van der Waals surface area contributed by atoms with Gasteiger partial charge in [-0.1, -0.05) is 6.08 Å². The van der Waals surface area contributed by atoms with Crippen LogP contribution in [0.2, 0.25) is 0 Å². The fourth-order valence-electron chi connectivity index (χ4n) is 1.00. The highest BCUT2D eigenvalue weighted by Crippen LogP contribution is 2.10. The van der Waals surface area contributed by atoms with E-state index in [1.807, 2.05) is 6.92 Å². The highest BCUT2D eigenvalue weighted by Gasteiger charge is 2.04. The minimum absolute atomic E-state index is 0.953. The number of hydrogen-bond donors (Lipinski definition) is 1. The van der Waals surface area contributed by atoms with Gasteiger partial charge in [-0.2, -0.15) is 0 Å². The van der Waals surface area contributed by atoms with E-state index in [9.17, 15) is 0 Å². The summed E-state index contributed by atoms with van der Waals surface area (Å²) in [5.74, 6) is 0. The van der Waals surface area contributed by atoms with Crippen LogP contribution in [0.15, 0.2) is 28.4 Å². The number of aliphatic imine (C=N–C) groups is 1. The van der Waals surface area contributed by atoms with Crippen molar-refractivity contribution in [3.05, 3.63) is 23.4 Å². The summed E-state index contributed by atoms with van der Waals surface area (Å²) >= 11 is 0. The van der Waals surface area contributed by atoms with Crippen molar-refractivity contribution in [2.24, 2.45) is 4.99 Å². The molecule has 0 saturated heterocycles. The lowest BCUT2D eigenvalue weighted by atomic mass is 10.2. The van der Waals surface area contributed by atoms with E-state index >= 15 is 0 Å². The highest BCUT2D eigenvalue weighted by atomic mass is 14.9. The number of nitrogens with zero attached hydrogens (tertiary/aromatic N) is 1. The number of nitrogens with one attached hydrogen (secondary N) is 1. The Hall–Kier alpha value is -1.05. The standard InChI is InChI=1S/C9H14N2/c1-7-4-5-11-9(7)6-8(2)10-3/h4,6,11H,5H2,1-3H3/b9-6-,10-8+. The van der Waals surface area contributed by atoms with Crippen molar-refractivity contribution in [3.8, 4) is 0 Å². The first-order valence-electron chi connectivity index (χ1n) is 3.80. The summed E-state index contributed by atoms with van der Waals surface area (Å²) < 4.78 is 0. The molecule has 0 spiro atoms. The summed E-state index contributed by atoms with van der Waals surface area (Å²) in [6, 6.07) is 0. The van der Waals surface area contributed by atoms with E-state index in [4.69, 9.17) is 0 Å². The third-order valence-electron chi connectivity index (χ3n) is 1.83. The van der Waals surface area contributed by atoms with E-state index in [0.717, 1.165) is 12.3 Å². The molecule has 1 aliphatic rings. The molecule has 0 amide bonds. The predicted molar refractivity (Wildman–Crippen MR) is 48.9 cm³/mol. The summed E-state index contributed by atoms with van der Waals surface area (Å²) in [7, 11) is 1.81. The van der Waals surface area contributed by atoms with Crippen molar-refractivity contribution in [2.45, 2.75) is 13.8 Å². The van der Waals surface area contributed by atoms with Crippen LogP contribution in [0.1, 0.15) is 13.8 Å². The van der Waals surface area contributed by atoms with E-state index in [1.165, 1.54) is 11.3 Å². The van der Waals surface area contributed by atoms with Crippen LogP contribution in [-0.2, 0) is 0 Å². The van der Waals surface area contributed by atoms with Gasteiger partial charge >= 0.3 is 0 Å². The lowest BCUT2D eigenvalue weighted by Gasteiger charge is -2.00. The molecule has 0 fully saturated rings. The molecule has 1 aliphatic heterocycles. The van der Waals surface area contributed by atoms with Crippen LogP contribution in [0.3, 0.4) is 0 Å². The molecule has 1 rings (SSSR count). The first kappa shape index (κ1) is 8.05. The molecule has 0 saturated carbocycles. The summed E-state index contributed by atoms with van der Waals surface area (Å²) in [5.41, 5.74) is 3.57. The second-order valence-electron chi connectivity index (χ2n) is 2.69. The fraction of sp³-hybridized carbons (Fsp3) is 0.444. The first-order chi connectivity index (χ1) is 5.24. The Morgan fingerprint density at radius 1 is 1.73 bits per heavy atom. The maximum Gasteiger partial charge on any atom is 0.0387 e. The average molecular weight is 150 g/mol. The molecule has 0 radical (unpaired) electrons. The lowest BCUT2D eigenvalue weighted by molar-refractivity contribution is 0.974. The van der Waals surface area contributed by atoms with E-state index in [2.05, 4.69) is 29.4 Å². The molecular weight excluding hydrogens is 136 g/mol. The molecule has 0 aromatic rings. The Morgan fingerprint density at radius 3 is 2.91 bits per heavy atom. The summed E-state index contributed by atoms with van der Waals surface area (Å²) in [6.07, 6.45) is 4.24. The molecule has 11 heavy (non-hydrogen) atoms. The Kier molecular flexibility index (Phi) is 2.47. The Labute approximate surface area is 67.7 Å². The highest BCUT2D eigenvalue weighted by molar-refractivity contribution is 5.93. The Morgan fingerprint density at radius 2 is 2.45 bits per heavy atom. The Balaban J connectivity index is 2.75. The smallest absolute Gasteiger partial charge is 0.0387 e. The molecule has 0 unspecified atom stereocenters. The maximum absolute atomic E-state index is 4.06. The normalized spacial score (nSPS) is 21.9. The topological polar surface area (TPSA) is 24.4 Å². The van der Waals surface area contributed by atoms with Gasteiger partial charge in [0.25, 0.3) is 0 Å². The van der Waals surface area contributed by atoms with Crippen molar-refractivity contribution >= 4 is 5.71 Å². The molecule has 2 nitrogen and oxygen atoms in total. The van der Waals surface area contributed by atoms with Gasteiger partial charge in [-0.25, -0.2) is 0 Å². The maximum atomic E-state index is 4.06. The molecule has 60 valence electrons. The van der Waals surface area contributed by atoms with Gasteiger partial charge in [0.1, 0.15) is 0 Å². The average Bonchev–Trinajstić information content (AvgIpc) is 2.37. The van der Waals surface area contributed by atoms with Crippen molar-refractivity contribution in [3.63, 3.8) is 0 Å². The number of rotatable bonds is 1. The zero-order chi connectivity index (χ0) is 8.27. The molecule has 1 N–H and O–H groups in total. The largest absolute Gasteiger partial charge is 0.381 e. The molecule has 2 heteroatoms. The minimum atomic E-state index is 0.953. The molecule has 1 heterocycles. The van der Waals surface area contributed by atoms with Crippen molar-refractivity contribution in [1.29, 1.82) is 0 Å². The van der Waals surface area contributed by atoms with Crippen LogP contribution in [-0.4, -0.2) is 19.3 Å². The van der Waals surface area contributed by atoms with Crippen molar-refractivity contribution in [1.82, 2.24) is 5.32 Å². The molecule has 0 aliphatic carbocycles. The van der Waals surface area contributed by atoms with E-state index < -0.39 is 0 Å². The van der Waals surface area contributed by atoms with Gasteiger partial charge in [0.2, 0.25) is 0 Å². The lowest BCUT2D eigenvalue weighted by Crippen LogP contribution is -2.07. The van der Waals surface area contributed by atoms with Gasteiger partial charge in [-0.3, -0.25) is 4.99 Å². The quantitative estimate of drug-likeness (QED) is 0.563. The van der Waals surface area contributed by atoms with Crippen LogP contribution in [0.5, 0.6) is 0 Å².